The van der Waals surface area contributed by atoms with Crippen LogP contribution in [-0.2, 0) is 4.74 Å². The first-order valence-electron chi connectivity index (χ1n) is 5.32. The summed E-state index contributed by atoms with van der Waals surface area (Å²) < 4.78 is 42.6. The van der Waals surface area contributed by atoms with E-state index < -0.39 is 12.6 Å². The average molecular weight is 336 g/mol. The van der Waals surface area contributed by atoms with Crippen molar-refractivity contribution in [1.29, 1.82) is 0 Å². The number of nitrogens with zero attached hydrogens (tertiary/aromatic N) is 1. The molecule has 0 saturated heterocycles. The maximum atomic E-state index is 12.2. The molecule has 2 rings (SSSR count). The molecule has 2 aromatic rings. The Morgan fingerprint density at radius 3 is 2.68 bits per heavy atom. The molecule has 1 heterocycles. The van der Waals surface area contributed by atoms with Gasteiger partial charge in [-0.25, -0.2) is 0 Å². The van der Waals surface area contributed by atoms with Crippen LogP contribution in [0, 0.1) is 0 Å². The van der Waals surface area contributed by atoms with Gasteiger partial charge in [-0.1, -0.05) is 22.0 Å². The highest BCUT2D eigenvalue weighted by Gasteiger charge is 2.33. The summed E-state index contributed by atoms with van der Waals surface area (Å²) in [6.45, 7) is 1.27. The van der Waals surface area contributed by atoms with Crippen LogP contribution >= 0.6 is 15.9 Å². The second-order valence-electron chi connectivity index (χ2n) is 3.91. The predicted molar refractivity (Wildman–Crippen MR) is 66.9 cm³/mol. The Hall–Kier alpha value is -1.34. The van der Waals surface area contributed by atoms with Crippen molar-refractivity contribution in [3.05, 3.63) is 34.4 Å². The molecule has 0 aliphatic heterocycles. The molecule has 0 amide bonds. The van der Waals surface area contributed by atoms with E-state index in [1.807, 2.05) is 0 Å². The number of benzene rings is 1. The smallest absolute Gasteiger partial charge is 0.320 e. The Balaban J connectivity index is 2.56. The van der Waals surface area contributed by atoms with Crippen LogP contribution in [0.25, 0.3) is 10.9 Å². The van der Waals surface area contributed by atoms with E-state index in [4.69, 9.17) is 0 Å². The molecule has 0 bridgehead atoms. The quantitative estimate of drug-likeness (QED) is 0.784. The van der Waals surface area contributed by atoms with Gasteiger partial charge < -0.3 is 4.57 Å². The Labute approximate surface area is 115 Å². The lowest BCUT2D eigenvalue weighted by atomic mass is 10.2. The van der Waals surface area contributed by atoms with E-state index in [0.29, 0.717) is 27.2 Å². The van der Waals surface area contributed by atoms with Gasteiger partial charge in [-0.05, 0) is 19.1 Å². The molecule has 0 fully saturated rings. The largest absolute Gasteiger partial charge is 0.524 e. The molecular weight excluding hydrogens is 327 g/mol. The molecular formula is C12H9BrF3NO2. The van der Waals surface area contributed by atoms with Crippen LogP contribution in [0.3, 0.4) is 0 Å². The van der Waals surface area contributed by atoms with Crippen molar-refractivity contribution in [2.24, 2.45) is 0 Å². The van der Waals surface area contributed by atoms with Crippen LogP contribution in [0.5, 0.6) is 0 Å². The monoisotopic (exact) mass is 335 g/mol. The fourth-order valence-corrected chi connectivity index (χ4v) is 2.52. The summed E-state index contributed by atoms with van der Waals surface area (Å²) in [4.78, 5) is 11.0. The summed E-state index contributed by atoms with van der Waals surface area (Å²) in [5.74, 6) is 0. The maximum absolute atomic E-state index is 12.2. The third-order valence-electron chi connectivity index (χ3n) is 2.66. The summed E-state index contributed by atoms with van der Waals surface area (Å²) in [7, 11) is 0. The molecule has 0 saturated carbocycles. The average Bonchev–Trinajstić information content (AvgIpc) is 2.67. The van der Waals surface area contributed by atoms with Gasteiger partial charge in [0.2, 0.25) is 0 Å². The molecule has 7 heteroatoms. The minimum atomic E-state index is -4.73. The Morgan fingerprint density at radius 2 is 2.11 bits per heavy atom. The first kappa shape index (κ1) is 14.1. The van der Waals surface area contributed by atoms with Crippen molar-refractivity contribution < 1.29 is 22.7 Å². The Bertz CT molecular complexity index is 621. The molecule has 1 aromatic carbocycles. The number of carbonyl (C=O) groups excluding carboxylic acids is 1. The van der Waals surface area contributed by atoms with E-state index in [0.717, 1.165) is 0 Å². The molecule has 0 spiro atoms. The fraction of sp³-hybridized carbons (Fsp3) is 0.250. The van der Waals surface area contributed by atoms with Gasteiger partial charge in [0.1, 0.15) is 6.23 Å². The van der Waals surface area contributed by atoms with E-state index in [1.54, 1.807) is 18.2 Å². The highest BCUT2D eigenvalue weighted by molar-refractivity contribution is 9.10. The van der Waals surface area contributed by atoms with Crippen molar-refractivity contribution in [2.45, 2.75) is 19.5 Å². The van der Waals surface area contributed by atoms with Crippen LogP contribution in [0.4, 0.5) is 13.2 Å². The minimum absolute atomic E-state index is 0.306. The summed E-state index contributed by atoms with van der Waals surface area (Å²) >= 11 is 3.28. The van der Waals surface area contributed by atoms with Crippen LogP contribution in [0.15, 0.2) is 28.9 Å². The van der Waals surface area contributed by atoms with Gasteiger partial charge in [-0.15, -0.1) is 13.2 Å². The van der Waals surface area contributed by atoms with Gasteiger partial charge in [0.05, 0.1) is 5.52 Å². The van der Waals surface area contributed by atoms with E-state index in [2.05, 4.69) is 20.7 Å². The molecule has 0 aliphatic rings. The van der Waals surface area contributed by atoms with Gasteiger partial charge in [-0.3, -0.25) is 9.53 Å². The number of aldehydes is 1. The van der Waals surface area contributed by atoms with Gasteiger partial charge in [0.15, 0.2) is 6.29 Å². The van der Waals surface area contributed by atoms with Crippen molar-refractivity contribution in [2.75, 3.05) is 0 Å². The number of halogens is 4. The third kappa shape index (κ3) is 2.82. The van der Waals surface area contributed by atoms with E-state index >= 15 is 0 Å². The molecule has 1 atom stereocenters. The number of alkyl halides is 3. The summed E-state index contributed by atoms with van der Waals surface area (Å²) in [5.41, 5.74) is 0.799. The first-order valence-corrected chi connectivity index (χ1v) is 6.11. The maximum Gasteiger partial charge on any atom is 0.524 e. The zero-order valence-electron chi connectivity index (χ0n) is 9.74. The van der Waals surface area contributed by atoms with Crippen LogP contribution in [0.2, 0.25) is 0 Å². The van der Waals surface area contributed by atoms with Gasteiger partial charge >= 0.3 is 6.36 Å². The topological polar surface area (TPSA) is 31.2 Å². The number of ether oxygens (including phenoxy) is 1. The summed E-state index contributed by atoms with van der Waals surface area (Å²) in [6.07, 6.45) is -4.04. The molecule has 0 radical (unpaired) electrons. The van der Waals surface area contributed by atoms with Gasteiger partial charge in [0, 0.05) is 21.6 Å². The predicted octanol–water partition coefficient (Wildman–Crippen LogP) is 4.27. The van der Waals surface area contributed by atoms with E-state index in [-0.39, 0.29) is 0 Å². The van der Waals surface area contributed by atoms with Gasteiger partial charge in [0.25, 0.3) is 0 Å². The second-order valence-corrected chi connectivity index (χ2v) is 4.76. The highest BCUT2D eigenvalue weighted by Crippen LogP contribution is 2.32. The van der Waals surface area contributed by atoms with Crippen LogP contribution < -0.4 is 0 Å². The third-order valence-corrected chi connectivity index (χ3v) is 3.32. The molecule has 102 valence electrons. The van der Waals surface area contributed by atoms with Crippen molar-refractivity contribution in [3.8, 4) is 0 Å². The SMILES string of the molecule is CC(OC(F)(F)F)n1cc(C=O)c2c(Br)cccc21. The molecule has 3 nitrogen and oxygen atoms in total. The molecule has 19 heavy (non-hydrogen) atoms. The van der Waals surface area contributed by atoms with Crippen molar-refractivity contribution in [3.63, 3.8) is 0 Å². The zero-order valence-corrected chi connectivity index (χ0v) is 11.3. The number of hydrogen-bond donors (Lipinski definition) is 0. The molecule has 1 unspecified atom stereocenters. The first-order chi connectivity index (χ1) is 8.83. The molecule has 0 aliphatic carbocycles. The Kier molecular flexibility index (Phi) is 3.69. The standard InChI is InChI=1S/C12H9BrF3NO2/c1-7(19-12(14,15)16)17-5-8(6-18)11-9(13)3-2-4-10(11)17/h2-7H,1H3. The fourth-order valence-electron chi connectivity index (χ4n) is 1.94. The normalized spacial score (nSPS) is 13.7. The molecule has 1 aromatic heterocycles. The minimum Gasteiger partial charge on any atom is -0.320 e. The Morgan fingerprint density at radius 1 is 1.42 bits per heavy atom. The lowest BCUT2D eigenvalue weighted by Crippen LogP contribution is -2.19. The lowest BCUT2D eigenvalue weighted by molar-refractivity contribution is -0.351. The van der Waals surface area contributed by atoms with Crippen molar-refractivity contribution in [1.82, 2.24) is 4.57 Å². The number of rotatable bonds is 3. The zero-order chi connectivity index (χ0) is 14.2. The molecule has 0 N–H and O–H groups in total. The lowest BCUT2D eigenvalue weighted by Gasteiger charge is -2.17. The number of carbonyl (C=O) groups is 1. The number of hydrogen-bond acceptors (Lipinski definition) is 2. The second kappa shape index (κ2) is 4.97. The van der Waals surface area contributed by atoms with Crippen molar-refractivity contribution >= 4 is 33.1 Å². The summed E-state index contributed by atoms with van der Waals surface area (Å²) in [6, 6.07) is 5.02. The summed E-state index contributed by atoms with van der Waals surface area (Å²) in [5, 5.41) is 0.565. The van der Waals surface area contributed by atoms with Gasteiger partial charge in [-0.2, -0.15) is 0 Å². The van der Waals surface area contributed by atoms with E-state index in [9.17, 15) is 18.0 Å². The van der Waals surface area contributed by atoms with E-state index in [1.165, 1.54) is 17.7 Å². The van der Waals surface area contributed by atoms with Crippen LogP contribution in [-0.4, -0.2) is 17.2 Å². The number of aromatic nitrogens is 1. The van der Waals surface area contributed by atoms with Crippen LogP contribution in [0.1, 0.15) is 23.5 Å². The number of fused-ring (bicyclic) bond motifs is 1. The highest BCUT2D eigenvalue weighted by atomic mass is 79.9.